The summed E-state index contributed by atoms with van der Waals surface area (Å²) in [5.74, 6) is -0.234. The van der Waals surface area contributed by atoms with Crippen LogP contribution >= 0.6 is 11.3 Å². The van der Waals surface area contributed by atoms with Crippen molar-refractivity contribution in [2.24, 2.45) is 0 Å². The van der Waals surface area contributed by atoms with Gasteiger partial charge in [-0.3, -0.25) is 18.8 Å². The van der Waals surface area contributed by atoms with Crippen molar-refractivity contribution in [2.75, 3.05) is 32.7 Å². The van der Waals surface area contributed by atoms with Gasteiger partial charge in [-0.15, -0.1) is 16.4 Å². The van der Waals surface area contributed by atoms with Gasteiger partial charge in [0.1, 0.15) is 0 Å². The molecule has 1 atom stereocenters. The molecule has 138 valence electrons. The summed E-state index contributed by atoms with van der Waals surface area (Å²) < 4.78 is 3.68. The summed E-state index contributed by atoms with van der Waals surface area (Å²) in [5, 5.41) is 16.3. The maximum atomic E-state index is 12.4. The van der Waals surface area contributed by atoms with Crippen molar-refractivity contribution in [1.82, 2.24) is 39.9 Å². The Bertz CT molecular complexity index is 849. The summed E-state index contributed by atoms with van der Waals surface area (Å²) in [4.78, 5) is 20.2. The molecule has 0 aliphatic carbocycles. The van der Waals surface area contributed by atoms with Crippen LogP contribution in [0.15, 0.2) is 24.0 Å². The Morgan fingerprint density at radius 2 is 2.19 bits per heavy atom. The van der Waals surface area contributed by atoms with Crippen molar-refractivity contribution in [1.29, 1.82) is 0 Å². The van der Waals surface area contributed by atoms with Crippen molar-refractivity contribution in [3.05, 3.63) is 35.4 Å². The highest BCUT2D eigenvalue weighted by atomic mass is 32.1. The molecule has 1 unspecified atom stereocenters. The van der Waals surface area contributed by atoms with E-state index in [1.165, 1.54) is 0 Å². The zero-order valence-corrected chi connectivity index (χ0v) is 15.4. The van der Waals surface area contributed by atoms with Crippen molar-refractivity contribution in [2.45, 2.75) is 19.5 Å². The molecule has 2 N–H and O–H groups in total. The largest absolute Gasteiger partial charge is 0.342 e. The number of carbonyl (C=O) groups excluding carboxylic acids is 1. The zero-order valence-electron chi connectivity index (χ0n) is 14.6. The van der Waals surface area contributed by atoms with Crippen LogP contribution < -0.4 is 10.6 Å². The second kappa shape index (κ2) is 7.52. The van der Waals surface area contributed by atoms with Crippen molar-refractivity contribution >= 4 is 22.2 Å². The van der Waals surface area contributed by atoms with E-state index >= 15 is 0 Å². The third-order valence-electron chi connectivity index (χ3n) is 4.53. The van der Waals surface area contributed by atoms with Gasteiger partial charge >= 0.3 is 0 Å². The average Bonchev–Trinajstić information content (AvgIpc) is 3.36. The molecule has 0 aromatic carbocycles. The van der Waals surface area contributed by atoms with Gasteiger partial charge in [0.15, 0.2) is 10.7 Å². The third kappa shape index (κ3) is 3.76. The molecule has 26 heavy (non-hydrogen) atoms. The number of carbonyl (C=O) groups is 1. The van der Waals surface area contributed by atoms with Gasteiger partial charge in [-0.25, -0.2) is 4.98 Å². The number of aromatic nitrogens is 5. The lowest BCUT2D eigenvalue weighted by molar-refractivity contribution is 0.0934. The maximum Gasteiger partial charge on any atom is 0.273 e. The molecule has 1 aliphatic rings. The van der Waals surface area contributed by atoms with Crippen LogP contribution in [0.2, 0.25) is 0 Å². The number of nitrogens with zero attached hydrogens (tertiary/aromatic N) is 6. The van der Waals surface area contributed by atoms with Crippen molar-refractivity contribution < 1.29 is 4.79 Å². The van der Waals surface area contributed by atoms with E-state index in [0.29, 0.717) is 5.69 Å². The summed E-state index contributed by atoms with van der Waals surface area (Å²) in [7, 11) is 0. The molecule has 4 rings (SSSR count). The van der Waals surface area contributed by atoms with Gasteiger partial charge < -0.3 is 10.6 Å². The molecule has 3 aromatic heterocycles. The number of hydrogen-bond donors (Lipinski definition) is 2. The number of hydrogen-bond acceptors (Lipinski definition) is 7. The van der Waals surface area contributed by atoms with E-state index in [-0.39, 0.29) is 11.9 Å². The SMILES string of the molecule is CC(NC(=O)c1cn(CCN2CCNCC2)nn1)c1cn2ccsc2n1. The number of fused-ring (bicyclic) bond motifs is 1. The number of thiazole rings is 1. The van der Waals surface area contributed by atoms with Crippen molar-refractivity contribution in [3.63, 3.8) is 0 Å². The second-order valence-corrected chi connectivity index (χ2v) is 7.29. The molecule has 0 spiro atoms. The molecule has 1 saturated heterocycles. The minimum absolute atomic E-state index is 0.194. The first-order valence-corrected chi connectivity index (χ1v) is 9.63. The molecule has 1 fully saturated rings. The number of imidazole rings is 1. The van der Waals surface area contributed by atoms with Gasteiger partial charge in [0, 0.05) is 50.5 Å². The molecule has 3 aromatic rings. The Labute approximate surface area is 155 Å². The zero-order chi connectivity index (χ0) is 17.9. The Morgan fingerprint density at radius 3 is 3.00 bits per heavy atom. The first-order chi connectivity index (χ1) is 12.7. The third-order valence-corrected chi connectivity index (χ3v) is 5.30. The summed E-state index contributed by atoms with van der Waals surface area (Å²) in [6.07, 6.45) is 5.59. The van der Waals surface area contributed by atoms with Gasteiger partial charge in [-0.2, -0.15) is 0 Å². The Hall–Kier alpha value is -2.30. The summed E-state index contributed by atoms with van der Waals surface area (Å²) in [6.45, 7) is 7.69. The summed E-state index contributed by atoms with van der Waals surface area (Å²) in [5.41, 5.74) is 1.16. The van der Waals surface area contributed by atoms with Gasteiger partial charge in [-0.1, -0.05) is 5.21 Å². The lowest BCUT2D eigenvalue weighted by Gasteiger charge is -2.26. The first-order valence-electron chi connectivity index (χ1n) is 8.75. The Balaban J connectivity index is 1.32. The minimum Gasteiger partial charge on any atom is -0.342 e. The number of piperazine rings is 1. The molecule has 10 heteroatoms. The topological polar surface area (TPSA) is 92.4 Å². The molecular weight excluding hydrogens is 352 g/mol. The minimum atomic E-state index is -0.234. The first kappa shape index (κ1) is 17.1. The molecule has 0 radical (unpaired) electrons. The summed E-state index contributed by atoms with van der Waals surface area (Å²) in [6, 6.07) is -0.194. The monoisotopic (exact) mass is 374 g/mol. The van der Waals surface area contributed by atoms with E-state index in [1.807, 2.05) is 29.1 Å². The predicted octanol–water partition coefficient (Wildman–Crippen LogP) is 0.384. The quantitative estimate of drug-likeness (QED) is 0.648. The molecule has 1 aliphatic heterocycles. The van der Waals surface area contributed by atoms with E-state index in [1.54, 1.807) is 22.2 Å². The van der Waals surface area contributed by atoms with Gasteiger partial charge in [0.25, 0.3) is 5.91 Å². The fourth-order valence-electron chi connectivity index (χ4n) is 2.99. The van der Waals surface area contributed by atoms with E-state index in [2.05, 4.69) is 30.8 Å². The maximum absolute atomic E-state index is 12.4. The summed E-state index contributed by atoms with van der Waals surface area (Å²) >= 11 is 1.57. The normalized spacial score (nSPS) is 16.8. The van der Waals surface area contributed by atoms with E-state index in [4.69, 9.17) is 0 Å². The van der Waals surface area contributed by atoms with Crippen LogP contribution in [-0.4, -0.2) is 67.9 Å². The molecule has 0 saturated carbocycles. The molecule has 1 amide bonds. The van der Waals surface area contributed by atoms with Crippen LogP contribution in [0, 0.1) is 0 Å². The van der Waals surface area contributed by atoms with Gasteiger partial charge in [0.05, 0.1) is 24.5 Å². The predicted molar refractivity (Wildman–Crippen MR) is 98.3 cm³/mol. The highest BCUT2D eigenvalue weighted by Gasteiger charge is 2.17. The van der Waals surface area contributed by atoms with Crippen LogP contribution in [0.4, 0.5) is 0 Å². The van der Waals surface area contributed by atoms with Crippen LogP contribution in [0.5, 0.6) is 0 Å². The van der Waals surface area contributed by atoms with Gasteiger partial charge in [0.2, 0.25) is 0 Å². The highest BCUT2D eigenvalue weighted by molar-refractivity contribution is 7.15. The standard InChI is InChI=1S/C16H22N8OS/c1-12(13-10-23-8-9-26-16(23)19-13)18-15(25)14-11-24(21-20-14)7-6-22-4-2-17-3-5-22/h8-12,17H,2-7H2,1H3,(H,18,25). The van der Waals surface area contributed by atoms with E-state index in [0.717, 1.165) is 49.9 Å². The average molecular weight is 374 g/mol. The van der Waals surface area contributed by atoms with E-state index < -0.39 is 0 Å². The molecule has 9 nitrogen and oxygen atoms in total. The Morgan fingerprint density at radius 1 is 1.35 bits per heavy atom. The van der Waals surface area contributed by atoms with Gasteiger partial charge in [-0.05, 0) is 6.92 Å². The van der Waals surface area contributed by atoms with E-state index in [9.17, 15) is 4.79 Å². The van der Waals surface area contributed by atoms with Crippen LogP contribution in [0.3, 0.4) is 0 Å². The van der Waals surface area contributed by atoms with Crippen molar-refractivity contribution in [3.8, 4) is 0 Å². The highest BCUT2D eigenvalue weighted by Crippen LogP contribution is 2.16. The number of amides is 1. The van der Waals surface area contributed by atoms with Crippen LogP contribution in [0.1, 0.15) is 29.1 Å². The lowest BCUT2D eigenvalue weighted by Crippen LogP contribution is -2.44. The molecular formula is C16H22N8OS. The smallest absolute Gasteiger partial charge is 0.273 e. The number of nitrogens with one attached hydrogen (secondary N) is 2. The molecule has 4 heterocycles. The van der Waals surface area contributed by atoms with Crippen LogP contribution in [-0.2, 0) is 6.54 Å². The number of rotatable bonds is 6. The Kier molecular flexibility index (Phi) is 4.96. The van der Waals surface area contributed by atoms with Crippen LogP contribution in [0.25, 0.3) is 4.96 Å². The molecule has 0 bridgehead atoms. The fraction of sp³-hybridized carbons (Fsp3) is 0.500. The fourth-order valence-corrected chi connectivity index (χ4v) is 3.70. The second-order valence-electron chi connectivity index (χ2n) is 6.41. The lowest BCUT2D eigenvalue weighted by atomic mass is 10.2.